The number of aromatic nitrogens is 1. The highest BCUT2D eigenvalue weighted by Gasteiger charge is 2.04. The number of ketones is 1. The van der Waals surface area contributed by atoms with Gasteiger partial charge in [-0.05, 0) is 6.92 Å². The average Bonchev–Trinajstić information content (AvgIpc) is 2.52. The Labute approximate surface area is 69.3 Å². The van der Waals surface area contributed by atoms with Crippen molar-refractivity contribution in [1.82, 2.24) is 4.98 Å². The fraction of sp³-hybridized carbons (Fsp3) is 0.250. The third-order valence-electron chi connectivity index (χ3n) is 1.14. The van der Waals surface area contributed by atoms with E-state index in [-0.39, 0.29) is 12.2 Å². The molecule has 11 heavy (non-hydrogen) atoms. The number of carbonyl (C=O) groups excluding carboxylic acids is 1. The van der Waals surface area contributed by atoms with E-state index in [1.165, 1.54) is 11.3 Å². The van der Waals surface area contributed by atoms with Crippen LogP contribution in [0.25, 0.3) is 0 Å². The van der Waals surface area contributed by atoms with Gasteiger partial charge in [0.2, 0.25) is 0 Å². The Bertz CT molecular complexity index is 292. The standard InChI is InChI=1S/C8H7NOS/c1-2-3-4-8(10)7-5-11-6-9-7/h5-6H,4H2,1H3. The van der Waals surface area contributed by atoms with E-state index in [1.807, 2.05) is 0 Å². The van der Waals surface area contributed by atoms with Gasteiger partial charge in [0.1, 0.15) is 5.69 Å². The largest absolute Gasteiger partial charge is 0.291 e. The molecule has 0 aromatic carbocycles. The molecule has 1 aromatic rings. The fourth-order valence-corrected chi connectivity index (χ4v) is 1.17. The zero-order valence-electron chi connectivity index (χ0n) is 6.13. The smallest absolute Gasteiger partial charge is 0.193 e. The van der Waals surface area contributed by atoms with Gasteiger partial charge in [0, 0.05) is 5.38 Å². The second kappa shape index (κ2) is 3.89. The second-order valence-electron chi connectivity index (χ2n) is 1.90. The average molecular weight is 165 g/mol. The van der Waals surface area contributed by atoms with Gasteiger partial charge in [-0.15, -0.1) is 17.3 Å². The van der Waals surface area contributed by atoms with Gasteiger partial charge in [-0.25, -0.2) is 4.98 Å². The van der Waals surface area contributed by atoms with E-state index in [9.17, 15) is 4.79 Å². The summed E-state index contributed by atoms with van der Waals surface area (Å²) in [6, 6.07) is 0. The van der Waals surface area contributed by atoms with Crippen molar-refractivity contribution in [2.75, 3.05) is 0 Å². The Balaban J connectivity index is 2.61. The first-order valence-electron chi connectivity index (χ1n) is 3.15. The molecule has 0 N–H and O–H groups in total. The zero-order chi connectivity index (χ0) is 8.10. The molecule has 3 heteroatoms. The molecule has 0 unspecified atom stereocenters. The van der Waals surface area contributed by atoms with E-state index >= 15 is 0 Å². The van der Waals surface area contributed by atoms with Crippen LogP contribution >= 0.6 is 11.3 Å². The number of rotatable bonds is 2. The first-order chi connectivity index (χ1) is 5.34. The van der Waals surface area contributed by atoms with E-state index in [0.29, 0.717) is 5.69 Å². The van der Waals surface area contributed by atoms with Crippen LogP contribution in [0.5, 0.6) is 0 Å². The van der Waals surface area contributed by atoms with E-state index in [0.717, 1.165) is 0 Å². The van der Waals surface area contributed by atoms with Crippen LogP contribution in [0.3, 0.4) is 0 Å². The summed E-state index contributed by atoms with van der Waals surface area (Å²) >= 11 is 1.42. The van der Waals surface area contributed by atoms with Gasteiger partial charge in [-0.1, -0.05) is 5.92 Å². The van der Waals surface area contributed by atoms with Gasteiger partial charge in [0.05, 0.1) is 11.9 Å². The summed E-state index contributed by atoms with van der Waals surface area (Å²) in [5, 5.41) is 1.74. The zero-order valence-corrected chi connectivity index (χ0v) is 6.94. The van der Waals surface area contributed by atoms with Crippen LogP contribution in [0, 0.1) is 11.8 Å². The Morgan fingerprint density at radius 2 is 2.64 bits per heavy atom. The van der Waals surface area contributed by atoms with Gasteiger partial charge in [-0.3, -0.25) is 4.79 Å². The minimum absolute atomic E-state index is 0.000556. The molecule has 56 valence electrons. The molecule has 0 saturated heterocycles. The molecular formula is C8H7NOS. The van der Waals surface area contributed by atoms with Crippen molar-refractivity contribution in [3.05, 3.63) is 16.6 Å². The minimum Gasteiger partial charge on any atom is -0.291 e. The number of Topliss-reactive ketones (excluding diaryl/α,β-unsaturated/α-hetero) is 1. The molecule has 1 aromatic heterocycles. The number of hydrogen-bond acceptors (Lipinski definition) is 3. The molecule has 0 aliphatic heterocycles. The highest BCUT2D eigenvalue weighted by molar-refractivity contribution is 7.07. The molecule has 0 bridgehead atoms. The van der Waals surface area contributed by atoms with Crippen LogP contribution in [0.1, 0.15) is 23.8 Å². The van der Waals surface area contributed by atoms with Crippen molar-refractivity contribution in [2.45, 2.75) is 13.3 Å². The predicted molar refractivity (Wildman–Crippen MR) is 44.5 cm³/mol. The van der Waals surface area contributed by atoms with E-state index < -0.39 is 0 Å². The Morgan fingerprint density at radius 3 is 3.18 bits per heavy atom. The van der Waals surface area contributed by atoms with E-state index in [2.05, 4.69) is 16.8 Å². The van der Waals surface area contributed by atoms with Crippen LogP contribution in [0.2, 0.25) is 0 Å². The molecule has 1 heterocycles. The molecule has 2 nitrogen and oxygen atoms in total. The monoisotopic (exact) mass is 165 g/mol. The molecule has 0 amide bonds. The molecule has 0 fully saturated rings. The molecule has 0 aliphatic rings. The lowest BCUT2D eigenvalue weighted by Gasteiger charge is -1.85. The lowest BCUT2D eigenvalue weighted by molar-refractivity contribution is 0.0994. The number of hydrogen-bond donors (Lipinski definition) is 0. The van der Waals surface area contributed by atoms with Crippen LogP contribution in [0.15, 0.2) is 10.9 Å². The van der Waals surface area contributed by atoms with Crippen molar-refractivity contribution in [3.63, 3.8) is 0 Å². The summed E-state index contributed by atoms with van der Waals surface area (Å²) in [7, 11) is 0. The van der Waals surface area contributed by atoms with Gasteiger partial charge >= 0.3 is 0 Å². The maximum Gasteiger partial charge on any atom is 0.193 e. The third-order valence-corrected chi connectivity index (χ3v) is 1.73. The highest BCUT2D eigenvalue weighted by Crippen LogP contribution is 2.03. The van der Waals surface area contributed by atoms with Gasteiger partial charge in [0.15, 0.2) is 5.78 Å². The molecule has 0 radical (unpaired) electrons. The van der Waals surface area contributed by atoms with Crippen LogP contribution < -0.4 is 0 Å². The van der Waals surface area contributed by atoms with Gasteiger partial charge < -0.3 is 0 Å². The van der Waals surface area contributed by atoms with Crippen LogP contribution in [-0.4, -0.2) is 10.8 Å². The first kappa shape index (κ1) is 7.96. The maximum absolute atomic E-state index is 11.1. The van der Waals surface area contributed by atoms with E-state index in [4.69, 9.17) is 0 Å². The first-order valence-corrected chi connectivity index (χ1v) is 4.10. The molecular weight excluding hydrogens is 158 g/mol. The minimum atomic E-state index is 0.000556. The summed E-state index contributed by atoms with van der Waals surface area (Å²) < 4.78 is 0. The predicted octanol–water partition coefficient (Wildman–Crippen LogP) is 1.74. The van der Waals surface area contributed by atoms with Crippen molar-refractivity contribution < 1.29 is 4.79 Å². The lowest BCUT2D eigenvalue weighted by atomic mass is 10.2. The van der Waals surface area contributed by atoms with Crippen molar-refractivity contribution in [1.29, 1.82) is 0 Å². The topological polar surface area (TPSA) is 30.0 Å². The normalized spacial score (nSPS) is 8.45. The lowest BCUT2D eigenvalue weighted by Crippen LogP contribution is -1.96. The van der Waals surface area contributed by atoms with Crippen LogP contribution in [-0.2, 0) is 0 Å². The molecule has 0 atom stereocenters. The molecule has 0 aliphatic carbocycles. The molecule has 0 spiro atoms. The summed E-state index contributed by atoms with van der Waals surface area (Å²) in [5.41, 5.74) is 2.17. The summed E-state index contributed by atoms with van der Waals surface area (Å²) in [6.07, 6.45) is 0.278. The maximum atomic E-state index is 11.1. The van der Waals surface area contributed by atoms with Gasteiger partial charge in [-0.2, -0.15) is 0 Å². The quantitative estimate of drug-likeness (QED) is 0.493. The number of nitrogens with zero attached hydrogens (tertiary/aromatic N) is 1. The fourth-order valence-electron chi connectivity index (χ4n) is 0.609. The Morgan fingerprint density at radius 1 is 1.82 bits per heavy atom. The second-order valence-corrected chi connectivity index (χ2v) is 2.62. The number of carbonyl (C=O) groups is 1. The number of thiazole rings is 1. The van der Waals surface area contributed by atoms with Gasteiger partial charge in [0.25, 0.3) is 0 Å². The summed E-state index contributed by atoms with van der Waals surface area (Å²) in [5.74, 6) is 5.37. The van der Waals surface area contributed by atoms with Crippen molar-refractivity contribution >= 4 is 17.1 Å². The van der Waals surface area contributed by atoms with E-state index in [1.54, 1.807) is 17.8 Å². The molecule has 1 rings (SSSR count). The highest BCUT2D eigenvalue weighted by atomic mass is 32.1. The Hall–Kier alpha value is -1.14. The Kier molecular flexibility index (Phi) is 2.82. The van der Waals surface area contributed by atoms with Crippen LogP contribution in [0.4, 0.5) is 0 Å². The SMILES string of the molecule is CC#CCC(=O)c1cscn1. The summed E-state index contributed by atoms with van der Waals surface area (Å²) in [4.78, 5) is 15.0. The summed E-state index contributed by atoms with van der Waals surface area (Å²) in [6.45, 7) is 1.72. The third kappa shape index (κ3) is 2.17. The molecule has 0 saturated carbocycles. The van der Waals surface area contributed by atoms with Crippen molar-refractivity contribution in [2.24, 2.45) is 0 Å². The van der Waals surface area contributed by atoms with Crippen molar-refractivity contribution in [3.8, 4) is 11.8 Å².